The van der Waals surface area contributed by atoms with E-state index in [9.17, 15) is 9.59 Å². The molecule has 0 aliphatic carbocycles. The smallest absolute Gasteiger partial charge is 0.337 e. The van der Waals surface area contributed by atoms with Gasteiger partial charge in [0.25, 0.3) is 5.91 Å². The number of halogens is 1. The number of carbonyl (C=O) groups is 2. The molecule has 0 atom stereocenters. The predicted molar refractivity (Wildman–Crippen MR) is 136 cm³/mol. The van der Waals surface area contributed by atoms with Gasteiger partial charge in [0.2, 0.25) is 0 Å². The number of nitrogens with zero attached hydrogens (tertiary/aromatic N) is 3. The van der Waals surface area contributed by atoms with Crippen LogP contribution in [0.1, 0.15) is 26.3 Å². The molecular formula is C28H20ClN3O3. The second-order valence-corrected chi connectivity index (χ2v) is 8.45. The molecule has 0 saturated carbocycles. The van der Waals surface area contributed by atoms with Crippen LogP contribution in [0.5, 0.6) is 0 Å². The molecule has 0 radical (unpaired) electrons. The number of rotatable bonds is 4. The summed E-state index contributed by atoms with van der Waals surface area (Å²) in [7, 11) is 1.34. The van der Waals surface area contributed by atoms with E-state index in [-0.39, 0.29) is 5.91 Å². The van der Waals surface area contributed by atoms with E-state index in [1.807, 2.05) is 49.4 Å². The molecule has 3 aromatic carbocycles. The van der Waals surface area contributed by atoms with Crippen LogP contribution in [0.3, 0.4) is 0 Å². The van der Waals surface area contributed by atoms with Crippen molar-refractivity contribution in [3.8, 4) is 22.4 Å². The fraction of sp³-hybridized carbons (Fsp3) is 0.0714. The Labute approximate surface area is 206 Å². The number of fused-ring (bicyclic) bond motifs is 1. The molecule has 0 spiro atoms. The quantitative estimate of drug-likeness (QED) is 0.285. The van der Waals surface area contributed by atoms with E-state index in [1.54, 1.807) is 42.7 Å². The van der Waals surface area contributed by atoms with Gasteiger partial charge in [0.1, 0.15) is 5.69 Å². The van der Waals surface area contributed by atoms with Gasteiger partial charge in [0.05, 0.1) is 28.8 Å². The van der Waals surface area contributed by atoms with E-state index in [2.05, 4.69) is 4.98 Å². The number of carbonyl (C=O) groups excluding carboxylic acids is 2. The average molecular weight is 482 g/mol. The maximum absolute atomic E-state index is 13.7. The van der Waals surface area contributed by atoms with Gasteiger partial charge in [-0.2, -0.15) is 9.78 Å². The standard InChI is InChI=1S/C28H20ClN3O3/c1-17-5-3-7-23(29)25(17)27(33)32-24-15-20(21-6-4-14-30-16-21)12-13-22(24)26(31-32)18-8-10-19(11-9-18)28(34)35-2/h3-16H,1-2H3. The van der Waals surface area contributed by atoms with Gasteiger partial charge >= 0.3 is 5.97 Å². The Morgan fingerprint density at radius 3 is 2.37 bits per heavy atom. The Morgan fingerprint density at radius 1 is 0.914 bits per heavy atom. The second kappa shape index (κ2) is 9.16. The lowest BCUT2D eigenvalue weighted by atomic mass is 10.0. The summed E-state index contributed by atoms with van der Waals surface area (Å²) in [6.07, 6.45) is 3.49. The molecule has 35 heavy (non-hydrogen) atoms. The maximum atomic E-state index is 13.7. The Morgan fingerprint density at radius 2 is 1.69 bits per heavy atom. The van der Waals surface area contributed by atoms with Gasteiger partial charge < -0.3 is 4.74 Å². The number of ether oxygens (including phenoxy) is 1. The first-order valence-electron chi connectivity index (χ1n) is 10.9. The van der Waals surface area contributed by atoms with Crippen molar-refractivity contribution in [1.29, 1.82) is 0 Å². The van der Waals surface area contributed by atoms with Crippen LogP contribution in [-0.2, 0) is 4.74 Å². The van der Waals surface area contributed by atoms with Crippen LogP contribution in [0.2, 0.25) is 5.02 Å². The highest BCUT2D eigenvalue weighted by molar-refractivity contribution is 6.34. The SMILES string of the molecule is COC(=O)c1ccc(-c2nn(C(=O)c3c(C)cccc3Cl)c3cc(-c4cccnc4)ccc23)cc1. The van der Waals surface area contributed by atoms with Crippen LogP contribution in [0, 0.1) is 6.92 Å². The topological polar surface area (TPSA) is 74.1 Å². The Kier molecular flexibility index (Phi) is 5.89. The maximum Gasteiger partial charge on any atom is 0.337 e. The molecular weight excluding hydrogens is 462 g/mol. The molecule has 0 amide bonds. The zero-order valence-corrected chi connectivity index (χ0v) is 19.8. The monoisotopic (exact) mass is 481 g/mol. The molecule has 0 saturated heterocycles. The molecule has 0 unspecified atom stereocenters. The van der Waals surface area contributed by atoms with E-state index in [0.717, 1.165) is 27.6 Å². The first-order chi connectivity index (χ1) is 17.0. The highest BCUT2D eigenvalue weighted by Gasteiger charge is 2.22. The minimum Gasteiger partial charge on any atom is -0.465 e. The molecule has 0 aliphatic heterocycles. The van der Waals surface area contributed by atoms with Crippen LogP contribution in [0.4, 0.5) is 0 Å². The van der Waals surface area contributed by atoms with Crippen LogP contribution < -0.4 is 0 Å². The first-order valence-corrected chi connectivity index (χ1v) is 11.3. The van der Waals surface area contributed by atoms with Crippen LogP contribution >= 0.6 is 11.6 Å². The third-order valence-electron chi connectivity index (χ3n) is 5.88. The summed E-state index contributed by atoms with van der Waals surface area (Å²) >= 11 is 6.42. The lowest BCUT2D eigenvalue weighted by molar-refractivity contribution is 0.0600. The minimum absolute atomic E-state index is 0.320. The van der Waals surface area contributed by atoms with Crippen molar-refractivity contribution in [2.24, 2.45) is 0 Å². The number of esters is 1. The van der Waals surface area contributed by atoms with Gasteiger partial charge in [-0.05, 0) is 54.4 Å². The van der Waals surface area contributed by atoms with E-state index < -0.39 is 5.97 Å². The number of aromatic nitrogens is 3. The molecule has 0 bridgehead atoms. The lowest BCUT2D eigenvalue weighted by Gasteiger charge is -2.08. The van der Waals surface area contributed by atoms with E-state index >= 15 is 0 Å². The fourth-order valence-electron chi connectivity index (χ4n) is 4.09. The van der Waals surface area contributed by atoms with Gasteiger partial charge in [0, 0.05) is 28.9 Å². The van der Waals surface area contributed by atoms with Crippen molar-refractivity contribution in [3.63, 3.8) is 0 Å². The largest absolute Gasteiger partial charge is 0.465 e. The van der Waals surface area contributed by atoms with Gasteiger partial charge in [-0.1, -0.05) is 48.0 Å². The summed E-state index contributed by atoms with van der Waals surface area (Å²) in [6, 6.07) is 22.0. The van der Waals surface area contributed by atoms with Crippen molar-refractivity contribution in [1.82, 2.24) is 14.8 Å². The molecule has 6 nitrogen and oxygen atoms in total. The van der Waals surface area contributed by atoms with Crippen molar-refractivity contribution in [2.45, 2.75) is 6.92 Å². The summed E-state index contributed by atoms with van der Waals surface area (Å²) in [5, 5.41) is 5.88. The predicted octanol–water partition coefficient (Wildman–Crippen LogP) is 6.20. The highest BCUT2D eigenvalue weighted by atomic mass is 35.5. The van der Waals surface area contributed by atoms with Gasteiger partial charge in [-0.3, -0.25) is 9.78 Å². The first kappa shape index (κ1) is 22.5. The van der Waals surface area contributed by atoms with Crippen LogP contribution in [-0.4, -0.2) is 33.8 Å². The Bertz CT molecular complexity index is 1550. The number of benzene rings is 3. The number of hydrogen-bond donors (Lipinski definition) is 0. The number of hydrogen-bond acceptors (Lipinski definition) is 5. The second-order valence-electron chi connectivity index (χ2n) is 8.04. The molecule has 5 aromatic rings. The average Bonchev–Trinajstić information content (AvgIpc) is 3.27. The molecule has 2 heterocycles. The molecule has 7 heteroatoms. The Hall–Kier alpha value is -4.29. The number of aryl methyl sites for hydroxylation is 1. The van der Waals surface area contributed by atoms with Gasteiger partial charge in [-0.25, -0.2) is 4.79 Å². The lowest BCUT2D eigenvalue weighted by Crippen LogP contribution is -2.15. The van der Waals surface area contributed by atoms with Crippen molar-refractivity contribution in [2.75, 3.05) is 7.11 Å². The number of pyridine rings is 1. The highest BCUT2D eigenvalue weighted by Crippen LogP contribution is 2.33. The van der Waals surface area contributed by atoms with E-state index in [0.29, 0.717) is 27.4 Å². The van der Waals surface area contributed by atoms with E-state index in [4.69, 9.17) is 21.4 Å². The normalized spacial score (nSPS) is 10.9. The summed E-state index contributed by atoms with van der Waals surface area (Å²) < 4.78 is 6.19. The molecule has 5 rings (SSSR count). The zero-order chi connectivity index (χ0) is 24.5. The van der Waals surface area contributed by atoms with Crippen LogP contribution in [0.15, 0.2) is 85.2 Å². The molecule has 0 fully saturated rings. The third-order valence-corrected chi connectivity index (χ3v) is 6.20. The summed E-state index contributed by atoms with van der Waals surface area (Å²) in [4.78, 5) is 29.8. The summed E-state index contributed by atoms with van der Waals surface area (Å²) in [5.74, 6) is -0.740. The third kappa shape index (κ3) is 4.09. The minimum atomic E-state index is -0.419. The van der Waals surface area contributed by atoms with Crippen molar-refractivity contribution >= 4 is 34.4 Å². The number of methoxy groups -OCH3 is 1. The molecule has 2 aromatic heterocycles. The van der Waals surface area contributed by atoms with E-state index in [1.165, 1.54) is 11.8 Å². The molecule has 0 N–H and O–H groups in total. The molecule has 0 aliphatic rings. The van der Waals surface area contributed by atoms with Crippen molar-refractivity contribution < 1.29 is 14.3 Å². The summed E-state index contributed by atoms with van der Waals surface area (Å²) in [6.45, 7) is 1.85. The zero-order valence-electron chi connectivity index (χ0n) is 19.0. The van der Waals surface area contributed by atoms with Gasteiger partial charge in [-0.15, -0.1) is 0 Å². The van der Waals surface area contributed by atoms with Crippen LogP contribution in [0.25, 0.3) is 33.3 Å². The summed E-state index contributed by atoms with van der Waals surface area (Å²) in [5.41, 5.74) is 5.45. The molecule has 172 valence electrons. The Balaban J connectivity index is 1.72. The van der Waals surface area contributed by atoms with Crippen molar-refractivity contribution in [3.05, 3.63) is 107 Å². The fourth-order valence-corrected chi connectivity index (χ4v) is 4.39. The van der Waals surface area contributed by atoms with Gasteiger partial charge in [0.15, 0.2) is 0 Å².